The van der Waals surface area contributed by atoms with Gasteiger partial charge in [0.15, 0.2) is 5.11 Å². The Morgan fingerprint density at radius 1 is 1.83 bits per heavy atom. The minimum Gasteiger partial charge on any atom is -0.468 e. The molecule has 1 aliphatic heterocycles. The Labute approximate surface area is 74.7 Å². The lowest BCUT2D eigenvalue weighted by atomic mass is 10.5. The summed E-state index contributed by atoms with van der Waals surface area (Å²) in [6.45, 7) is 0.0526. The fraction of sp³-hybridized carbons (Fsp3) is 0.500. The average molecular weight is 188 g/mol. The standard InChI is InChI=1S/C6H8N2O3S/c1-11-5(10)3-8-4(9)2-7-6(8)12/h2-3H2,1H3,(H,7,12). The van der Waals surface area contributed by atoms with Crippen LogP contribution >= 0.6 is 12.2 Å². The molecule has 0 bridgehead atoms. The van der Waals surface area contributed by atoms with E-state index in [0.29, 0.717) is 0 Å². The van der Waals surface area contributed by atoms with Crippen LogP contribution in [-0.4, -0.2) is 42.1 Å². The first-order valence-electron chi connectivity index (χ1n) is 3.30. The van der Waals surface area contributed by atoms with Crippen molar-refractivity contribution in [2.75, 3.05) is 20.2 Å². The molecule has 0 aromatic carbocycles. The largest absolute Gasteiger partial charge is 0.468 e. The minimum atomic E-state index is -0.477. The van der Waals surface area contributed by atoms with Gasteiger partial charge in [0.25, 0.3) is 0 Å². The Hall–Kier alpha value is -1.17. The molecule has 0 spiro atoms. The number of nitrogens with zero attached hydrogens (tertiary/aromatic N) is 1. The monoisotopic (exact) mass is 188 g/mol. The number of hydrogen-bond acceptors (Lipinski definition) is 4. The van der Waals surface area contributed by atoms with Gasteiger partial charge in [-0.05, 0) is 12.2 Å². The van der Waals surface area contributed by atoms with Gasteiger partial charge in [0.1, 0.15) is 6.54 Å². The second kappa shape index (κ2) is 3.48. The van der Waals surface area contributed by atoms with Crippen LogP contribution in [0.4, 0.5) is 0 Å². The molecule has 0 aliphatic carbocycles. The molecule has 66 valence electrons. The lowest BCUT2D eigenvalue weighted by Crippen LogP contribution is -2.35. The molecular weight excluding hydrogens is 180 g/mol. The predicted molar refractivity (Wildman–Crippen MR) is 44.3 cm³/mol. The summed E-state index contributed by atoms with van der Waals surface area (Å²) in [5, 5.41) is 2.93. The van der Waals surface area contributed by atoms with E-state index in [-0.39, 0.29) is 24.1 Å². The third kappa shape index (κ3) is 1.70. The second-order valence-corrected chi connectivity index (χ2v) is 2.60. The fourth-order valence-corrected chi connectivity index (χ4v) is 1.05. The van der Waals surface area contributed by atoms with Crippen molar-refractivity contribution in [3.05, 3.63) is 0 Å². The Bertz CT molecular complexity index is 225. The number of methoxy groups -OCH3 is 1. The summed E-state index contributed by atoms with van der Waals surface area (Å²) in [5.41, 5.74) is 0. The summed E-state index contributed by atoms with van der Waals surface area (Å²) >= 11 is 4.77. The van der Waals surface area contributed by atoms with Crippen LogP contribution in [0.3, 0.4) is 0 Å². The van der Waals surface area contributed by atoms with Crippen LogP contribution in [0.5, 0.6) is 0 Å². The minimum absolute atomic E-state index is 0.110. The molecule has 1 saturated heterocycles. The maximum atomic E-state index is 11.0. The van der Waals surface area contributed by atoms with Gasteiger partial charge in [0, 0.05) is 0 Å². The van der Waals surface area contributed by atoms with Gasteiger partial charge in [-0.15, -0.1) is 0 Å². The van der Waals surface area contributed by atoms with Crippen LogP contribution in [0.25, 0.3) is 0 Å². The van der Waals surface area contributed by atoms with Crippen molar-refractivity contribution in [1.29, 1.82) is 0 Å². The molecule has 1 fully saturated rings. The SMILES string of the molecule is COC(=O)CN1C(=O)CNC1=S. The van der Waals surface area contributed by atoms with Gasteiger partial charge in [0.05, 0.1) is 13.7 Å². The van der Waals surface area contributed by atoms with E-state index in [1.54, 1.807) is 0 Å². The van der Waals surface area contributed by atoms with E-state index in [0.717, 1.165) is 0 Å². The Morgan fingerprint density at radius 3 is 2.92 bits per heavy atom. The smallest absolute Gasteiger partial charge is 0.325 e. The number of hydrogen-bond donors (Lipinski definition) is 1. The molecule has 6 heteroatoms. The highest BCUT2D eigenvalue weighted by Gasteiger charge is 2.27. The molecule has 1 aliphatic rings. The van der Waals surface area contributed by atoms with Crippen molar-refractivity contribution in [2.24, 2.45) is 0 Å². The summed E-state index contributed by atoms with van der Waals surface area (Å²) in [6, 6.07) is 0. The van der Waals surface area contributed by atoms with Gasteiger partial charge < -0.3 is 10.1 Å². The van der Waals surface area contributed by atoms with E-state index in [9.17, 15) is 9.59 Å². The molecule has 1 heterocycles. The van der Waals surface area contributed by atoms with Crippen molar-refractivity contribution in [3.8, 4) is 0 Å². The van der Waals surface area contributed by atoms with Gasteiger partial charge >= 0.3 is 5.97 Å². The first-order chi connectivity index (χ1) is 5.65. The Kier molecular flexibility index (Phi) is 2.59. The van der Waals surface area contributed by atoms with Crippen molar-refractivity contribution in [2.45, 2.75) is 0 Å². The Morgan fingerprint density at radius 2 is 2.50 bits per heavy atom. The van der Waals surface area contributed by atoms with Crippen molar-refractivity contribution in [3.63, 3.8) is 0 Å². The van der Waals surface area contributed by atoms with Crippen LogP contribution in [-0.2, 0) is 14.3 Å². The van der Waals surface area contributed by atoms with Gasteiger partial charge in [-0.25, -0.2) is 0 Å². The zero-order valence-electron chi connectivity index (χ0n) is 6.49. The molecule has 12 heavy (non-hydrogen) atoms. The van der Waals surface area contributed by atoms with Crippen molar-refractivity contribution >= 4 is 29.2 Å². The lowest BCUT2D eigenvalue weighted by Gasteiger charge is -2.11. The molecule has 0 aromatic heterocycles. The molecule has 0 unspecified atom stereocenters. The molecule has 1 amide bonds. The molecular formula is C6H8N2O3S. The van der Waals surface area contributed by atoms with E-state index in [2.05, 4.69) is 10.1 Å². The number of ether oxygens (including phenoxy) is 1. The number of carbonyl (C=O) groups excluding carboxylic acids is 2. The highest BCUT2D eigenvalue weighted by molar-refractivity contribution is 7.80. The summed E-state index contributed by atoms with van der Waals surface area (Å²) in [4.78, 5) is 22.9. The van der Waals surface area contributed by atoms with Gasteiger partial charge in [-0.2, -0.15) is 0 Å². The Balaban J connectivity index is 2.56. The van der Waals surface area contributed by atoms with Crippen molar-refractivity contribution < 1.29 is 14.3 Å². The summed E-state index contributed by atoms with van der Waals surface area (Å²) in [5.74, 6) is -0.681. The number of esters is 1. The van der Waals surface area contributed by atoms with E-state index < -0.39 is 5.97 Å². The molecule has 0 aromatic rings. The number of nitrogens with one attached hydrogen (secondary N) is 1. The molecule has 1 N–H and O–H groups in total. The first kappa shape index (κ1) is 8.92. The summed E-state index contributed by atoms with van der Waals surface area (Å²) in [6.07, 6.45) is 0. The van der Waals surface area contributed by atoms with Gasteiger partial charge in [0.2, 0.25) is 5.91 Å². The molecule has 1 rings (SSSR count). The van der Waals surface area contributed by atoms with E-state index in [1.807, 2.05) is 0 Å². The third-order valence-corrected chi connectivity index (χ3v) is 1.82. The maximum Gasteiger partial charge on any atom is 0.325 e. The molecule has 0 radical (unpaired) electrons. The predicted octanol–water partition coefficient (Wildman–Crippen LogP) is -1.12. The average Bonchev–Trinajstić information content (AvgIpc) is 2.35. The van der Waals surface area contributed by atoms with E-state index in [1.165, 1.54) is 12.0 Å². The van der Waals surface area contributed by atoms with Crippen LogP contribution in [0.1, 0.15) is 0 Å². The zero-order valence-corrected chi connectivity index (χ0v) is 7.31. The van der Waals surface area contributed by atoms with Gasteiger partial charge in [-0.3, -0.25) is 14.5 Å². The molecule has 0 atom stereocenters. The van der Waals surface area contributed by atoms with Crippen LogP contribution in [0.2, 0.25) is 0 Å². The summed E-state index contributed by atoms with van der Waals surface area (Å²) in [7, 11) is 1.26. The van der Waals surface area contributed by atoms with E-state index in [4.69, 9.17) is 12.2 Å². The molecule has 0 saturated carbocycles. The normalized spacial score (nSPS) is 16.2. The third-order valence-electron chi connectivity index (χ3n) is 1.45. The number of carbonyl (C=O) groups is 2. The van der Waals surface area contributed by atoms with Gasteiger partial charge in [-0.1, -0.05) is 0 Å². The quantitative estimate of drug-likeness (QED) is 0.439. The number of thiocarbonyl (C=S) groups is 1. The summed E-state index contributed by atoms with van der Waals surface area (Å²) < 4.78 is 4.39. The van der Waals surface area contributed by atoms with Crippen molar-refractivity contribution in [1.82, 2.24) is 10.2 Å². The zero-order chi connectivity index (χ0) is 9.14. The molecule has 5 nitrogen and oxygen atoms in total. The van der Waals surface area contributed by atoms with E-state index >= 15 is 0 Å². The van der Waals surface area contributed by atoms with Crippen LogP contribution in [0, 0.1) is 0 Å². The highest BCUT2D eigenvalue weighted by atomic mass is 32.1. The number of rotatable bonds is 2. The van der Waals surface area contributed by atoms with Crippen LogP contribution < -0.4 is 5.32 Å². The first-order valence-corrected chi connectivity index (χ1v) is 3.71. The number of amides is 1. The highest BCUT2D eigenvalue weighted by Crippen LogP contribution is 1.98. The lowest BCUT2D eigenvalue weighted by molar-refractivity contribution is -0.143. The van der Waals surface area contributed by atoms with Crippen LogP contribution in [0.15, 0.2) is 0 Å². The topological polar surface area (TPSA) is 58.6 Å². The maximum absolute atomic E-state index is 11.0. The second-order valence-electron chi connectivity index (χ2n) is 2.21. The fourth-order valence-electron chi connectivity index (χ4n) is 0.809.